The van der Waals surface area contributed by atoms with E-state index < -0.39 is 0 Å². The highest BCUT2D eigenvalue weighted by Crippen LogP contribution is 2.31. The fourth-order valence-corrected chi connectivity index (χ4v) is 4.12. The van der Waals surface area contributed by atoms with Crippen molar-refractivity contribution < 1.29 is 0 Å². The third-order valence-electron chi connectivity index (χ3n) is 5.25. The van der Waals surface area contributed by atoms with Crippen LogP contribution in [0.4, 0.5) is 0 Å². The Kier molecular flexibility index (Phi) is 3.27. The van der Waals surface area contributed by atoms with E-state index in [-0.39, 0.29) is 0 Å². The minimum atomic E-state index is 0.833. The highest BCUT2D eigenvalue weighted by molar-refractivity contribution is 5.84. The van der Waals surface area contributed by atoms with E-state index in [4.69, 9.17) is 0 Å². The number of hydrogen-bond acceptors (Lipinski definition) is 1. The summed E-state index contributed by atoms with van der Waals surface area (Å²) in [5.41, 5.74) is 4.37. The number of para-hydroxylation sites is 1. The van der Waals surface area contributed by atoms with E-state index in [0.717, 1.165) is 12.6 Å². The Morgan fingerprint density at radius 3 is 2.65 bits per heavy atom. The van der Waals surface area contributed by atoms with Crippen molar-refractivity contribution in [1.29, 1.82) is 0 Å². The molecule has 0 bridgehead atoms. The van der Waals surface area contributed by atoms with Crippen LogP contribution in [0.3, 0.4) is 0 Å². The summed E-state index contributed by atoms with van der Waals surface area (Å²) in [5, 5.41) is 1.45. The van der Waals surface area contributed by atoms with Gasteiger partial charge in [0, 0.05) is 42.1 Å². The predicted octanol–water partition coefficient (Wildman–Crippen LogP) is 4.25. The fourth-order valence-electron chi connectivity index (χ4n) is 4.12. The summed E-state index contributed by atoms with van der Waals surface area (Å²) in [7, 11) is 0. The van der Waals surface area contributed by atoms with E-state index in [1.807, 2.05) is 0 Å². The van der Waals surface area contributed by atoms with Gasteiger partial charge in [-0.15, -0.1) is 0 Å². The van der Waals surface area contributed by atoms with Crippen LogP contribution in [-0.2, 0) is 13.0 Å². The first-order valence-electron chi connectivity index (χ1n) is 8.24. The van der Waals surface area contributed by atoms with Crippen molar-refractivity contribution >= 4 is 10.9 Å². The summed E-state index contributed by atoms with van der Waals surface area (Å²) in [5.74, 6) is 0. The maximum absolute atomic E-state index is 3.63. The lowest BCUT2D eigenvalue weighted by atomic mass is 10.00. The second kappa shape index (κ2) is 5.25. The molecule has 2 aromatic rings. The Hall–Kier alpha value is -1.28. The zero-order chi connectivity index (χ0) is 13.4. The standard InChI is InChI=1S/C18H24N2/c1-2-4-8-14(7-3-1)20-12-11-18-16(13-20)15-9-5-6-10-17(15)19-18/h5-6,9-10,14,19H,1-4,7-8,11-13H2. The molecule has 0 saturated heterocycles. The van der Waals surface area contributed by atoms with Crippen molar-refractivity contribution in [2.45, 2.75) is 57.5 Å². The van der Waals surface area contributed by atoms with Gasteiger partial charge in [-0.05, 0) is 24.5 Å². The van der Waals surface area contributed by atoms with E-state index in [2.05, 4.69) is 34.1 Å². The van der Waals surface area contributed by atoms with Gasteiger partial charge < -0.3 is 4.98 Å². The number of aromatic nitrogens is 1. The van der Waals surface area contributed by atoms with Gasteiger partial charge in [-0.3, -0.25) is 4.90 Å². The van der Waals surface area contributed by atoms with Crippen molar-refractivity contribution in [1.82, 2.24) is 9.88 Å². The molecular formula is C18H24N2. The molecule has 1 N–H and O–H groups in total. The average molecular weight is 268 g/mol. The Bertz CT molecular complexity index is 590. The number of fused-ring (bicyclic) bond motifs is 3. The normalized spacial score (nSPS) is 21.8. The SMILES string of the molecule is c1ccc2c3c([nH]c2c1)CCN(C1CCCCCC1)C3. The van der Waals surface area contributed by atoms with Gasteiger partial charge in [0.1, 0.15) is 0 Å². The van der Waals surface area contributed by atoms with Crippen molar-refractivity contribution in [2.24, 2.45) is 0 Å². The molecule has 2 heteroatoms. The second-order valence-electron chi connectivity index (χ2n) is 6.49. The Balaban J connectivity index is 1.61. The number of rotatable bonds is 1. The molecular weight excluding hydrogens is 244 g/mol. The van der Waals surface area contributed by atoms with E-state index >= 15 is 0 Å². The highest BCUT2D eigenvalue weighted by atomic mass is 15.2. The lowest BCUT2D eigenvalue weighted by Gasteiger charge is -2.34. The monoisotopic (exact) mass is 268 g/mol. The number of benzene rings is 1. The number of nitrogens with zero attached hydrogens (tertiary/aromatic N) is 1. The summed E-state index contributed by atoms with van der Waals surface area (Å²) in [6.07, 6.45) is 9.78. The third-order valence-corrected chi connectivity index (χ3v) is 5.25. The summed E-state index contributed by atoms with van der Waals surface area (Å²) >= 11 is 0. The van der Waals surface area contributed by atoms with Crippen molar-refractivity contribution in [3.05, 3.63) is 35.5 Å². The molecule has 0 spiro atoms. The van der Waals surface area contributed by atoms with Crippen LogP contribution < -0.4 is 0 Å². The lowest BCUT2D eigenvalue weighted by Crippen LogP contribution is -2.38. The summed E-state index contributed by atoms with van der Waals surface area (Å²) in [4.78, 5) is 6.38. The van der Waals surface area contributed by atoms with Gasteiger partial charge in [0.2, 0.25) is 0 Å². The topological polar surface area (TPSA) is 19.0 Å². The summed E-state index contributed by atoms with van der Waals surface area (Å²) < 4.78 is 0. The molecule has 1 saturated carbocycles. The average Bonchev–Trinajstić information content (AvgIpc) is 2.67. The van der Waals surface area contributed by atoms with Crippen molar-refractivity contribution in [2.75, 3.05) is 6.54 Å². The Labute approximate surface area is 121 Å². The molecule has 20 heavy (non-hydrogen) atoms. The van der Waals surface area contributed by atoms with Crippen LogP contribution in [0.5, 0.6) is 0 Å². The Morgan fingerprint density at radius 2 is 1.80 bits per heavy atom. The van der Waals surface area contributed by atoms with Gasteiger partial charge in [0.15, 0.2) is 0 Å². The van der Waals surface area contributed by atoms with Gasteiger partial charge in [-0.25, -0.2) is 0 Å². The molecule has 2 heterocycles. The van der Waals surface area contributed by atoms with Gasteiger partial charge >= 0.3 is 0 Å². The summed E-state index contributed by atoms with van der Waals surface area (Å²) in [6, 6.07) is 9.62. The van der Waals surface area contributed by atoms with Crippen LogP contribution in [0.15, 0.2) is 24.3 Å². The maximum Gasteiger partial charge on any atom is 0.0459 e. The maximum atomic E-state index is 3.63. The first kappa shape index (κ1) is 12.5. The smallest absolute Gasteiger partial charge is 0.0459 e. The molecule has 2 aliphatic rings. The van der Waals surface area contributed by atoms with Crippen LogP contribution in [0, 0.1) is 0 Å². The zero-order valence-electron chi connectivity index (χ0n) is 12.2. The van der Waals surface area contributed by atoms with Gasteiger partial charge in [-0.1, -0.05) is 43.9 Å². The van der Waals surface area contributed by atoms with Crippen LogP contribution in [0.1, 0.15) is 49.8 Å². The van der Waals surface area contributed by atoms with Crippen LogP contribution >= 0.6 is 0 Å². The van der Waals surface area contributed by atoms with Gasteiger partial charge in [0.25, 0.3) is 0 Å². The van der Waals surface area contributed by atoms with E-state index in [1.165, 1.54) is 68.1 Å². The molecule has 0 radical (unpaired) electrons. The first-order valence-corrected chi connectivity index (χ1v) is 8.24. The third kappa shape index (κ3) is 2.16. The number of nitrogens with one attached hydrogen (secondary N) is 1. The predicted molar refractivity (Wildman–Crippen MR) is 83.9 cm³/mol. The zero-order valence-corrected chi connectivity index (χ0v) is 12.2. The molecule has 1 aliphatic carbocycles. The summed E-state index contributed by atoms with van der Waals surface area (Å²) in [6.45, 7) is 2.40. The molecule has 4 rings (SSSR count). The lowest BCUT2D eigenvalue weighted by molar-refractivity contribution is 0.162. The van der Waals surface area contributed by atoms with Crippen LogP contribution in [0.25, 0.3) is 10.9 Å². The molecule has 1 aromatic carbocycles. The van der Waals surface area contributed by atoms with Crippen LogP contribution in [-0.4, -0.2) is 22.5 Å². The molecule has 0 atom stereocenters. The van der Waals surface area contributed by atoms with E-state index in [1.54, 1.807) is 5.56 Å². The second-order valence-corrected chi connectivity index (χ2v) is 6.49. The molecule has 0 unspecified atom stereocenters. The van der Waals surface area contributed by atoms with Crippen molar-refractivity contribution in [3.8, 4) is 0 Å². The number of aromatic amines is 1. The van der Waals surface area contributed by atoms with Crippen LogP contribution in [0.2, 0.25) is 0 Å². The van der Waals surface area contributed by atoms with Crippen molar-refractivity contribution in [3.63, 3.8) is 0 Å². The van der Waals surface area contributed by atoms with Gasteiger partial charge in [-0.2, -0.15) is 0 Å². The minimum absolute atomic E-state index is 0.833. The molecule has 106 valence electrons. The molecule has 0 amide bonds. The quantitative estimate of drug-likeness (QED) is 0.766. The first-order chi connectivity index (χ1) is 9.92. The Morgan fingerprint density at radius 1 is 1.00 bits per heavy atom. The fraction of sp³-hybridized carbons (Fsp3) is 0.556. The minimum Gasteiger partial charge on any atom is -0.358 e. The van der Waals surface area contributed by atoms with Gasteiger partial charge in [0.05, 0.1) is 0 Å². The van der Waals surface area contributed by atoms with E-state index in [9.17, 15) is 0 Å². The molecule has 2 nitrogen and oxygen atoms in total. The largest absolute Gasteiger partial charge is 0.358 e. The number of hydrogen-bond donors (Lipinski definition) is 1. The van der Waals surface area contributed by atoms with E-state index in [0.29, 0.717) is 0 Å². The molecule has 1 fully saturated rings. The molecule has 1 aromatic heterocycles. The number of H-pyrrole nitrogens is 1. The highest BCUT2D eigenvalue weighted by Gasteiger charge is 2.26. The molecule has 1 aliphatic heterocycles.